The van der Waals surface area contributed by atoms with Gasteiger partial charge in [-0.3, -0.25) is 5.43 Å². The van der Waals surface area contributed by atoms with Gasteiger partial charge in [0.05, 0.1) is 11.1 Å². The third kappa shape index (κ3) is 2.82. The third-order valence-electron chi connectivity index (χ3n) is 3.56. The minimum Gasteiger partial charge on any atom is -0.260 e. The number of nitrogens with one attached hydrogen (secondary N) is 1. The Bertz CT molecular complexity index is 852. The second-order valence-corrected chi connectivity index (χ2v) is 6.64. The van der Waals surface area contributed by atoms with E-state index in [1.807, 2.05) is 31.2 Å². The fourth-order valence-electron chi connectivity index (χ4n) is 2.16. The van der Waals surface area contributed by atoms with E-state index in [1.165, 1.54) is 10.4 Å². The van der Waals surface area contributed by atoms with Crippen molar-refractivity contribution in [2.75, 3.05) is 5.43 Å². The standard InChI is InChI=1S/C16H15ClN4S/c1-9-11(3)22-16-14(9)15(18-8-19-16)21-20-10(2)12-4-6-13(17)7-5-12/h4-8H,1-3H3,(H,18,19,21)/b20-10+. The Morgan fingerprint density at radius 3 is 2.64 bits per heavy atom. The average molecular weight is 331 g/mol. The molecule has 0 atom stereocenters. The number of nitrogens with zero attached hydrogens (tertiary/aromatic N) is 3. The summed E-state index contributed by atoms with van der Waals surface area (Å²) in [5.41, 5.74) is 6.14. The van der Waals surface area contributed by atoms with Gasteiger partial charge in [0, 0.05) is 9.90 Å². The normalized spacial score (nSPS) is 11.9. The molecule has 1 aromatic carbocycles. The lowest BCUT2D eigenvalue weighted by molar-refractivity contribution is 1.18. The number of halogens is 1. The molecule has 2 heterocycles. The molecule has 1 N–H and O–H groups in total. The molecule has 0 saturated heterocycles. The Hall–Kier alpha value is -1.98. The van der Waals surface area contributed by atoms with Gasteiger partial charge in [0.2, 0.25) is 0 Å². The molecule has 3 aromatic rings. The van der Waals surface area contributed by atoms with Gasteiger partial charge in [0.25, 0.3) is 0 Å². The SMILES string of the molecule is C/C(=N\Nc1ncnc2sc(C)c(C)c12)c1ccc(Cl)cc1. The van der Waals surface area contributed by atoms with Crippen LogP contribution in [0, 0.1) is 13.8 Å². The molecule has 0 aliphatic rings. The van der Waals surface area contributed by atoms with Crippen molar-refractivity contribution in [3.8, 4) is 0 Å². The van der Waals surface area contributed by atoms with Crippen LogP contribution in [0.5, 0.6) is 0 Å². The second kappa shape index (κ2) is 6.02. The summed E-state index contributed by atoms with van der Waals surface area (Å²) in [6.45, 7) is 6.12. The molecule has 0 aliphatic heterocycles. The predicted octanol–water partition coefficient (Wildman–Crippen LogP) is 4.80. The summed E-state index contributed by atoms with van der Waals surface area (Å²) in [5, 5.41) is 6.19. The Balaban J connectivity index is 1.93. The molecule has 6 heteroatoms. The van der Waals surface area contributed by atoms with Crippen LogP contribution in [0.15, 0.2) is 35.7 Å². The zero-order valence-electron chi connectivity index (χ0n) is 12.5. The molecule has 2 aromatic heterocycles. The minimum atomic E-state index is 0.714. The van der Waals surface area contributed by atoms with Crippen molar-refractivity contribution in [3.63, 3.8) is 0 Å². The Morgan fingerprint density at radius 2 is 1.91 bits per heavy atom. The molecule has 4 nitrogen and oxygen atoms in total. The minimum absolute atomic E-state index is 0.714. The van der Waals surface area contributed by atoms with Gasteiger partial charge in [-0.25, -0.2) is 9.97 Å². The third-order valence-corrected chi connectivity index (χ3v) is 4.92. The van der Waals surface area contributed by atoms with Crippen LogP contribution in [0.4, 0.5) is 5.82 Å². The molecule has 0 bridgehead atoms. The molecule has 0 spiro atoms. The van der Waals surface area contributed by atoms with E-state index in [-0.39, 0.29) is 0 Å². The summed E-state index contributed by atoms with van der Waals surface area (Å²) >= 11 is 7.57. The van der Waals surface area contributed by atoms with Crippen molar-refractivity contribution < 1.29 is 0 Å². The number of hydrogen-bond donors (Lipinski definition) is 1. The van der Waals surface area contributed by atoms with E-state index in [4.69, 9.17) is 11.6 Å². The molecule has 22 heavy (non-hydrogen) atoms. The topological polar surface area (TPSA) is 50.2 Å². The summed E-state index contributed by atoms with van der Waals surface area (Å²) in [4.78, 5) is 10.9. The summed E-state index contributed by atoms with van der Waals surface area (Å²) in [6, 6.07) is 7.59. The highest BCUT2D eigenvalue weighted by Gasteiger charge is 2.11. The fraction of sp³-hybridized carbons (Fsp3) is 0.188. The molecule has 0 fully saturated rings. The van der Waals surface area contributed by atoms with Crippen molar-refractivity contribution in [2.24, 2.45) is 5.10 Å². The summed E-state index contributed by atoms with van der Waals surface area (Å²) in [7, 11) is 0. The van der Waals surface area contributed by atoms with Crippen molar-refractivity contribution in [2.45, 2.75) is 20.8 Å². The number of thiophene rings is 1. The lowest BCUT2D eigenvalue weighted by Gasteiger charge is -2.05. The molecule has 3 rings (SSSR count). The Morgan fingerprint density at radius 1 is 1.18 bits per heavy atom. The van der Waals surface area contributed by atoms with Gasteiger partial charge in [-0.15, -0.1) is 11.3 Å². The maximum atomic E-state index is 5.90. The van der Waals surface area contributed by atoms with Crippen LogP contribution in [0.25, 0.3) is 10.2 Å². The average Bonchev–Trinajstić information content (AvgIpc) is 2.81. The first-order chi connectivity index (χ1) is 10.6. The number of anilines is 1. The Labute approximate surface area is 137 Å². The quantitative estimate of drug-likeness (QED) is 0.554. The van der Waals surface area contributed by atoms with Gasteiger partial charge in [0.15, 0.2) is 5.82 Å². The highest BCUT2D eigenvalue weighted by molar-refractivity contribution is 7.18. The number of benzene rings is 1. The van der Waals surface area contributed by atoms with Gasteiger partial charge in [-0.05, 0) is 44.0 Å². The van der Waals surface area contributed by atoms with Crippen LogP contribution in [-0.4, -0.2) is 15.7 Å². The van der Waals surface area contributed by atoms with Gasteiger partial charge >= 0.3 is 0 Å². The summed E-state index contributed by atoms with van der Waals surface area (Å²) < 4.78 is 0. The first kappa shape index (κ1) is 14.9. The first-order valence-electron chi connectivity index (χ1n) is 6.83. The van der Waals surface area contributed by atoms with E-state index in [2.05, 4.69) is 34.3 Å². The summed E-state index contributed by atoms with van der Waals surface area (Å²) in [5.74, 6) is 0.736. The van der Waals surface area contributed by atoms with Gasteiger partial charge in [-0.2, -0.15) is 5.10 Å². The van der Waals surface area contributed by atoms with Gasteiger partial charge in [0.1, 0.15) is 11.2 Å². The smallest absolute Gasteiger partial charge is 0.158 e. The maximum absolute atomic E-state index is 5.90. The van der Waals surface area contributed by atoms with E-state index < -0.39 is 0 Å². The molecular formula is C16H15ClN4S. The molecule has 0 aliphatic carbocycles. The van der Waals surface area contributed by atoms with E-state index in [0.717, 1.165) is 27.3 Å². The van der Waals surface area contributed by atoms with E-state index >= 15 is 0 Å². The maximum Gasteiger partial charge on any atom is 0.158 e. The van der Waals surface area contributed by atoms with E-state index in [1.54, 1.807) is 17.7 Å². The van der Waals surface area contributed by atoms with E-state index in [9.17, 15) is 0 Å². The monoisotopic (exact) mass is 330 g/mol. The first-order valence-corrected chi connectivity index (χ1v) is 8.02. The number of aromatic nitrogens is 2. The number of aryl methyl sites for hydroxylation is 2. The number of fused-ring (bicyclic) bond motifs is 1. The zero-order valence-corrected chi connectivity index (χ0v) is 14.1. The van der Waals surface area contributed by atoms with Gasteiger partial charge in [-0.1, -0.05) is 23.7 Å². The second-order valence-electron chi connectivity index (χ2n) is 5.00. The van der Waals surface area contributed by atoms with Crippen LogP contribution < -0.4 is 5.43 Å². The number of rotatable bonds is 3. The Kier molecular flexibility index (Phi) is 4.09. The summed E-state index contributed by atoms with van der Waals surface area (Å²) in [6.07, 6.45) is 1.56. The van der Waals surface area contributed by atoms with Crippen LogP contribution in [0.1, 0.15) is 22.9 Å². The molecule has 0 saturated carbocycles. The van der Waals surface area contributed by atoms with Crippen LogP contribution in [0.3, 0.4) is 0 Å². The lowest BCUT2D eigenvalue weighted by Crippen LogP contribution is -2.01. The van der Waals surface area contributed by atoms with Crippen LogP contribution in [0.2, 0.25) is 5.02 Å². The van der Waals surface area contributed by atoms with Crippen molar-refractivity contribution >= 4 is 44.7 Å². The van der Waals surface area contributed by atoms with Crippen molar-refractivity contribution in [1.82, 2.24) is 9.97 Å². The van der Waals surface area contributed by atoms with Crippen molar-refractivity contribution in [1.29, 1.82) is 0 Å². The van der Waals surface area contributed by atoms with E-state index in [0.29, 0.717) is 5.02 Å². The van der Waals surface area contributed by atoms with Crippen molar-refractivity contribution in [3.05, 3.63) is 51.6 Å². The van der Waals surface area contributed by atoms with Gasteiger partial charge < -0.3 is 0 Å². The predicted molar refractivity (Wildman–Crippen MR) is 94.2 cm³/mol. The fourth-order valence-corrected chi connectivity index (χ4v) is 3.28. The highest BCUT2D eigenvalue weighted by atomic mass is 35.5. The molecule has 112 valence electrons. The largest absolute Gasteiger partial charge is 0.260 e. The lowest BCUT2D eigenvalue weighted by atomic mass is 10.1. The number of hydrazone groups is 1. The molecule has 0 unspecified atom stereocenters. The van der Waals surface area contributed by atoms with Crippen LogP contribution >= 0.6 is 22.9 Å². The zero-order chi connectivity index (χ0) is 15.7. The highest BCUT2D eigenvalue weighted by Crippen LogP contribution is 2.32. The molecule has 0 radical (unpaired) electrons. The molecular weight excluding hydrogens is 316 g/mol. The number of hydrogen-bond acceptors (Lipinski definition) is 5. The molecule has 0 amide bonds. The van der Waals surface area contributed by atoms with Crippen LogP contribution in [-0.2, 0) is 0 Å².